The summed E-state index contributed by atoms with van der Waals surface area (Å²) in [6.45, 7) is 0.467. The van der Waals surface area contributed by atoms with Crippen molar-refractivity contribution in [2.75, 3.05) is 6.61 Å². The summed E-state index contributed by atoms with van der Waals surface area (Å²) >= 11 is 0. The van der Waals surface area contributed by atoms with Crippen LogP contribution in [-0.2, 0) is 0 Å². The number of hydrogen-bond donors (Lipinski definition) is 2. The lowest BCUT2D eigenvalue weighted by Crippen LogP contribution is -2.42. The first-order valence-electron chi connectivity index (χ1n) is 5.77. The molecule has 0 radical (unpaired) electrons. The lowest BCUT2D eigenvalue weighted by atomic mass is 10.0. The molecule has 1 amide bonds. The molecule has 1 saturated carbocycles. The second-order valence-corrected chi connectivity index (χ2v) is 4.60. The highest BCUT2D eigenvalue weighted by molar-refractivity contribution is 5.91. The molecule has 1 aromatic rings. The molecule has 5 heteroatoms. The first-order valence-corrected chi connectivity index (χ1v) is 5.77. The molecule has 4 N–H and O–H groups in total. The molecule has 1 aliphatic rings. The molecule has 92 valence electrons. The van der Waals surface area contributed by atoms with Crippen molar-refractivity contribution in [2.24, 2.45) is 11.5 Å². The van der Waals surface area contributed by atoms with Gasteiger partial charge in [0, 0.05) is 12.3 Å². The predicted octanol–water partition coefficient (Wildman–Crippen LogP) is 0.831. The first kappa shape index (κ1) is 11.9. The average molecular weight is 235 g/mol. The van der Waals surface area contributed by atoms with Gasteiger partial charge in [-0.15, -0.1) is 0 Å². The van der Waals surface area contributed by atoms with E-state index in [2.05, 4.69) is 4.98 Å². The van der Waals surface area contributed by atoms with Crippen LogP contribution in [0.15, 0.2) is 18.3 Å². The van der Waals surface area contributed by atoms with Gasteiger partial charge in [-0.05, 0) is 18.9 Å². The largest absolute Gasteiger partial charge is 0.492 e. The molecule has 0 atom stereocenters. The number of nitrogens with zero attached hydrogens (tertiary/aromatic N) is 1. The van der Waals surface area contributed by atoms with Crippen molar-refractivity contribution in [1.82, 2.24) is 4.98 Å². The molecule has 5 nitrogen and oxygen atoms in total. The molecule has 1 aromatic heterocycles. The van der Waals surface area contributed by atoms with Crippen molar-refractivity contribution in [3.8, 4) is 5.75 Å². The Balaban J connectivity index is 1.99. The van der Waals surface area contributed by atoms with Crippen molar-refractivity contribution in [1.29, 1.82) is 0 Å². The van der Waals surface area contributed by atoms with Gasteiger partial charge in [-0.2, -0.15) is 0 Å². The van der Waals surface area contributed by atoms with Gasteiger partial charge in [-0.1, -0.05) is 12.8 Å². The standard InChI is InChI=1S/C12H17N3O2/c13-11(16)10-7-9(3-6-15-10)17-8-12(14)4-1-2-5-12/h3,6-7H,1-2,4-5,8,14H2,(H2,13,16). The molecular weight excluding hydrogens is 218 g/mol. The Hall–Kier alpha value is -1.62. The maximum absolute atomic E-state index is 11.0. The summed E-state index contributed by atoms with van der Waals surface area (Å²) < 4.78 is 5.61. The molecular formula is C12H17N3O2. The van der Waals surface area contributed by atoms with E-state index in [1.165, 1.54) is 6.20 Å². The van der Waals surface area contributed by atoms with Crippen LogP contribution >= 0.6 is 0 Å². The zero-order chi connectivity index (χ0) is 12.3. The van der Waals surface area contributed by atoms with Gasteiger partial charge in [-0.3, -0.25) is 9.78 Å². The van der Waals surface area contributed by atoms with E-state index in [9.17, 15) is 4.79 Å². The van der Waals surface area contributed by atoms with Gasteiger partial charge in [0.25, 0.3) is 5.91 Å². The number of aromatic nitrogens is 1. The summed E-state index contributed by atoms with van der Waals surface area (Å²) in [5, 5.41) is 0. The Morgan fingerprint density at radius 1 is 1.47 bits per heavy atom. The smallest absolute Gasteiger partial charge is 0.267 e. The summed E-state index contributed by atoms with van der Waals surface area (Å²) in [6, 6.07) is 3.24. The molecule has 0 bridgehead atoms. The maximum atomic E-state index is 11.0. The monoisotopic (exact) mass is 235 g/mol. The molecule has 2 rings (SSSR count). The molecule has 0 aliphatic heterocycles. The topological polar surface area (TPSA) is 91.2 Å². The summed E-state index contributed by atoms with van der Waals surface area (Å²) in [4.78, 5) is 14.8. The molecule has 0 aromatic carbocycles. The number of carbonyl (C=O) groups is 1. The van der Waals surface area contributed by atoms with Crippen molar-refractivity contribution in [3.63, 3.8) is 0 Å². The van der Waals surface area contributed by atoms with Gasteiger partial charge in [0.2, 0.25) is 0 Å². The van der Waals surface area contributed by atoms with E-state index in [1.54, 1.807) is 12.1 Å². The van der Waals surface area contributed by atoms with Crippen LogP contribution in [-0.4, -0.2) is 23.0 Å². The average Bonchev–Trinajstić information content (AvgIpc) is 2.75. The Labute approximate surface area is 100 Å². The lowest BCUT2D eigenvalue weighted by molar-refractivity contribution is 0.0995. The Kier molecular flexibility index (Phi) is 3.28. The third-order valence-corrected chi connectivity index (χ3v) is 3.11. The summed E-state index contributed by atoms with van der Waals surface area (Å²) in [6.07, 6.45) is 5.79. The molecule has 1 aliphatic carbocycles. The number of pyridine rings is 1. The maximum Gasteiger partial charge on any atom is 0.267 e. The van der Waals surface area contributed by atoms with Gasteiger partial charge in [-0.25, -0.2) is 0 Å². The van der Waals surface area contributed by atoms with Crippen LogP contribution in [0.5, 0.6) is 5.75 Å². The minimum atomic E-state index is -0.557. The van der Waals surface area contributed by atoms with E-state index in [4.69, 9.17) is 16.2 Å². The van der Waals surface area contributed by atoms with Crippen molar-refractivity contribution in [2.45, 2.75) is 31.2 Å². The van der Waals surface area contributed by atoms with Crippen LogP contribution in [0.2, 0.25) is 0 Å². The van der Waals surface area contributed by atoms with Crippen LogP contribution in [0.4, 0.5) is 0 Å². The fourth-order valence-electron chi connectivity index (χ4n) is 2.09. The second kappa shape index (κ2) is 4.71. The highest BCUT2D eigenvalue weighted by Crippen LogP contribution is 2.27. The van der Waals surface area contributed by atoms with Crippen LogP contribution < -0.4 is 16.2 Å². The Bertz CT molecular complexity index is 414. The molecule has 0 saturated heterocycles. The van der Waals surface area contributed by atoms with Crippen LogP contribution in [0.3, 0.4) is 0 Å². The van der Waals surface area contributed by atoms with Crippen molar-refractivity contribution in [3.05, 3.63) is 24.0 Å². The summed E-state index contributed by atoms with van der Waals surface area (Å²) in [5.41, 5.74) is 11.3. The predicted molar refractivity (Wildman–Crippen MR) is 63.6 cm³/mol. The van der Waals surface area contributed by atoms with Gasteiger partial charge < -0.3 is 16.2 Å². The van der Waals surface area contributed by atoms with Gasteiger partial charge in [0.05, 0.1) is 5.54 Å². The zero-order valence-electron chi connectivity index (χ0n) is 9.69. The fraction of sp³-hybridized carbons (Fsp3) is 0.500. The Morgan fingerprint density at radius 3 is 2.82 bits per heavy atom. The second-order valence-electron chi connectivity index (χ2n) is 4.60. The van der Waals surface area contributed by atoms with E-state index in [-0.39, 0.29) is 11.2 Å². The number of nitrogens with two attached hydrogens (primary N) is 2. The highest BCUT2D eigenvalue weighted by atomic mass is 16.5. The van der Waals surface area contributed by atoms with Gasteiger partial charge >= 0.3 is 0 Å². The van der Waals surface area contributed by atoms with E-state index >= 15 is 0 Å². The molecule has 17 heavy (non-hydrogen) atoms. The third-order valence-electron chi connectivity index (χ3n) is 3.11. The number of primary amides is 1. The number of amides is 1. The lowest BCUT2D eigenvalue weighted by Gasteiger charge is -2.23. The Morgan fingerprint density at radius 2 is 2.18 bits per heavy atom. The molecule has 0 spiro atoms. The number of ether oxygens (including phenoxy) is 1. The SMILES string of the molecule is NC(=O)c1cc(OCC2(N)CCCC2)ccn1. The molecule has 1 heterocycles. The van der Waals surface area contributed by atoms with Gasteiger partial charge in [0.1, 0.15) is 18.1 Å². The normalized spacial score (nSPS) is 17.9. The zero-order valence-corrected chi connectivity index (χ0v) is 9.69. The van der Waals surface area contributed by atoms with Crippen molar-refractivity contribution < 1.29 is 9.53 Å². The number of rotatable bonds is 4. The summed E-state index contributed by atoms with van der Waals surface area (Å²) in [7, 11) is 0. The van der Waals surface area contributed by atoms with Crippen LogP contribution in [0, 0.1) is 0 Å². The van der Waals surface area contributed by atoms with E-state index in [0.717, 1.165) is 25.7 Å². The number of hydrogen-bond acceptors (Lipinski definition) is 4. The van der Waals surface area contributed by atoms with Crippen molar-refractivity contribution >= 4 is 5.91 Å². The highest BCUT2D eigenvalue weighted by Gasteiger charge is 2.30. The first-order chi connectivity index (χ1) is 8.09. The third kappa shape index (κ3) is 2.94. The van der Waals surface area contributed by atoms with Crippen LogP contribution in [0.25, 0.3) is 0 Å². The summed E-state index contributed by atoms with van der Waals surface area (Å²) in [5.74, 6) is 0.0318. The molecule has 0 unspecified atom stereocenters. The minimum absolute atomic E-state index is 0.208. The van der Waals surface area contributed by atoms with Gasteiger partial charge in [0.15, 0.2) is 0 Å². The number of carbonyl (C=O) groups excluding carboxylic acids is 1. The molecule has 1 fully saturated rings. The van der Waals surface area contributed by atoms with Crippen LogP contribution in [0.1, 0.15) is 36.2 Å². The van der Waals surface area contributed by atoms with E-state index in [0.29, 0.717) is 12.4 Å². The fourth-order valence-corrected chi connectivity index (χ4v) is 2.09. The minimum Gasteiger partial charge on any atom is -0.492 e. The van der Waals surface area contributed by atoms with E-state index in [1.807, 2.05) is 0 Å². The quantitative estimate of drug-likeness (QED) is 0.808. The van der Waals surface area contributed by atoms with E-state index < -0.39 is 5.91 Å².